The highest BCUT2D eigenvalue weighted by Gasteiger charge is 2.31. The van der Waals surface area contributed by atoms with Gasteiger partial charge in [-0.3, -0.25) is 4.98 Å². The van der Waals surface area contributed by atoms with E-state index >= 15 is 0 Å². The van der Waals surface area contributed by atoms with Gasteiger partial charge in [0, 0.05) is 12.4 Å². The summed E-state index contributed by atoms with van der Waals surface area (Å²) in [5.41, 5.74) is 1.75. The summed E-state index contributed by atoms with van der Waals surface area (Å²) in [4.78, 5) is 4.01. The summed E-state index contributed by atoms with van der Waals surface area (Å²) in [5.74, 6) is 1.06. The number of methoxy groups -OCH3 is 2. The SMILES string of the molecule is COc1cccc2c1c(OC)cc1c3c(ccc12)C(CCc1cc(C(F)(F)F)ccc1F)CCC3.c1ccc2cnccc2c1. The maximum absolute atomic E-state index is 14.3. The largest absolute Gasteiger partial charge is 0.496 e. The maximum atomic E-state index is 14.3. The van der Waals surface area contributed by atoms with E-state index in [1.807, 2.05) is 42.7 Å². The first-order chi connectivity index (χ1) is 21.8. The van der Waals surface area contributed by atoms with Crippen LogP contribution in [0, 0.1) is 5.82 Å². The summed E-state index contributed by atoms with van der Waals surface area (Å²) in [6.07, 6.45) is 2.87. The van der Waals surface area contributed by atoms with E-state index in [0.717, 1.165) is 70.5 Å². The Kier molecular flexibility index (Phi) is 8.61. The van der Waals surface area contributed by atoms with E-state index in [2.05, 4.69) is 41.4 Å². The average molecular weight is 612 g/mol. The Bertz CT molecular complexity index is 1920. The van der Waals surface area contributed by atoms with E-state index in [0.29, 0.717) is 6.42 Å². The molecule has 1 aromatic heterocycles. The van der Waals surface area contributed by atoms with Crippen molar-refractivity contribution in [3.63, 3.8) is 0 Å². The van der Waals surface area contributed by atoms with Gasteiger partial charge in [-0.05, 0) is 118 Å². The van der Waals surface area contributed by atoms with E-state index in [1.165, 1.54) is 21.9 Å². The van der Waals surface area contributed by atoms with Gasteiger partial charge in [-0.25, -0.2) is 4.39 Å². The van der Waals surface area contributed by atoms with Gasteiger partial charge in [-0.1, -0.05) is 48.5 Å². The van der Waals surface area contributed by atoms with Crippen molar-refractivity contribution in [2.45, 2.75) is 44.2 Å². The fourth-order valence-corrected chi connectivity index (χ4v) is 6.57. The van der Waals surface area contributed by atoms with Crippen molar-refractivity contribution in [2.75, 3.05) is 14.2 Å². The molecule has 0 N–H and O–H groups in total. The maximum Gasteiger partial charge on any atom is 0.416 e. The summed E-state index contributed by atoms with van der Waals surface area (Å²) in [6, 6.07) is 25.1. The highest BCUT2D eigenvalue weighted by molar-refractivity contribution is 6.13. The van der Waals surface area contributed by atoms with Crippen molar-refractivity contribution in [2.24, 2.45) is 0 Å². The van der Waals surface area contributed by atoms with Crippen molar-refractivity contribution in [1.29, 1.82) is 0 Å². The van der Waals surface area contributed by atoms with Crippen LogP contribution in [0.3, 0.4) is 0 Å². The molecule has 0 aliphatic heterocycles. The van der Waals surface area contributed by atoms with Gasteiger partial charge < -0.3 is 9.47 Å². The Hall–Kier alpha value is -4.65. The van der Waals surface area contributed by atoms with Crippen LogP contribution in [0.25, 0.3) is 32.3 Å². The van der Waals surface area contributed by atoms with E-state index in [-0.39, 0.29) is 17.9 Å². The van der Waals surface area contributed by atoms with Gasteiger partial charge in [0.2, 0.25) is 0 Å². The molecule has 0 fully saturated rings. The fraction of sp³-hybridized carbons (Fsp3) is 0.237. The molecule has 3 nitrogen and oxygen atoms in total. The topological polar surface area (TPSA) is 31.4 Å². The van der Waals surface area contributed by atoms with Gasteiger partial charge in [0.25, 0.3) is 0 Å². The number of benzene rings is 5. The highest BCUT2D eigenvalue weighted by atomic mass is 19.4. The molecule has 6 aromatic rings. The van der Waals surface area contributed by atoms with E-state index < -0.39 is 17.6 Å². The molecular formula is C38H33F4NO2. The minimum Gasteiger partial charge on any atom is -0.496 e. The summed E-state index contributed by atoms with van der Waals surface area (Å²) >= 11 is 0. The van der Waals surface area contributed by atoms with Gasteiger partial charge in [-0.15, -0.1) is 0 Å². The molecule has 7 rings (SSSR count). The van der Waals surface area contributed by atoms with Gasteiger partial charge in [0.15, 0.2) is 0 Å². The number of nitrogens with zero attached hydrogens (tertiary/aromatic N) is 1. The quantitative estimate of drug-likeness (QED) is 0.144. The summed E-state index contributed by atoms with van der Waals surface area (Å²) < 4.78 is 65.0. The van der Waals surface area contributed by atoms with Crippen LogP contribution in [0.4, 0.5) is 17.6 Å². The smallest absolute Gasteiger partial charge is 0.416 e. The zero-order chi connectivity index (χ0) is 31.6. The Labute approximate surface area is 259 Å². The van der Waals surface area contributed by atoms with E-state index in [4.69, 9.17) is 9.47 Å². The van der Waals surface area contributed by atoms with Gasteiger partial charge in [-0.2, -0.15) is 13.2 Å². The number of fused-ring (bicyclic) bond motifs is 6. The summed E-state index contributed by atoms with van der Waals surface area (Å²) in [5, 5.41) is 6.66. The average Bonchev–Trinajstić information content (AvgIpc) is 3.06. The number of ether oxygens (including phenoxy) is 2. The Morgan fingerprint density at radius 3 is 2.36 bits per heavy atom. The molecule has 0 spiro atoms. The Morgan fingerprint density at radius 1 is 0.800 bits per heavy atom. The molecule has 0 bridgehead atoms. The lowest BCUT2D eigenvalue weighted by Gasteiger charge is -2.28. The fourth-order valence-electron chi connectivity index (χ4n) is 6.57. The predicted octanol–water partition coefficient (Wildman–Crippen LogP) is 10.5. The van der Waals surface area contributed by atoms with Crippen molar-refractivity contribution >= 4 is 32.3 Å². The molecule has 1 aliphatic carbocycles. The van der Waals surface area contributed by atoms with Crippen molar-refractivity contribution in [3.05, 3.63) is 125 Å². The minimum absolute atomic E-state index is 0.118. The lowest BCUT2D eigenvalue weighted by Crippen LogP contribution is -2.12. The predicted molar refractivity (Wildman–Crippen MR) is 172 cm³/mol. The minimum atomic E-state index is -4.48. The van der Waals surface area contributed by atoms with Gasteiger partial charge in [0.05, 0.1) is 25.2 Å². The molecule has 1 unspecified atom stereocenters. The van der Waals surface area contributed by atoms with Crippen molar-refractivity contribution in [3.8, 4) is 11.5 Å². The lowest BCUT2D eigenvalue weighted by atomic mass is 9.77. The molecule has 0 radical (unpaired) electrons. The third-order valence-electron chi connectivity index (χ3n) is 8.78. The normalized spacial score (nSPS) is 14.6. The number of alkyl halides is 3. The number of hydrogen-bond donors (Lipinski definition) is 0. The van der Waals surface area contributed by atoms with Crippen LogP contribution >= 0.6 is 0 Å². The molecule has 1 heterocycles. The number of pyridine rings is 1. The second-order valence-electron chi connectivity index (χ2n) is 11.3. The zero-order valence-electron chi connectivity index (χ0n) is 25.1. The molecule has 5 aromatic carbocycles. The van der Waals surface area contributed by atoms with E-state index in [1.54, 1.807) is 14.2 Å². The monoisotopic (exact) mass is 611 g/mol. The van der Waals surface area contributed by atoms with E-state index in [9.17, 15) is 17.6 Å². The Morgan fingerprint density at radius 2 is 1.60 bits per heavy atom. The third kappa shape index (κ3) is 6.17. The molecular weight excluding hydrogens is 578 g/mol. The summed E-state index contributed by atoms with van der Waals surface area (Å²) in [6.45, 7) is 0. The lowest BCUT2D eigenvalue weighted by molar-refractivity contribution is -0.137. The molecule has 230 valence electrons. The van der Waals surface area contributed by atoms with Gasteiger partial charge in [0.1, 0.15) is 17.3 Å². The first-order valence-corrected chi connectivity index (χ1v) is 15.0. The standard InChI is InChI=1S/C29H26F4O2.C9H7N/c1-34-26-8-4-7-23-22-13-12-20-17(5-3-6-21(20)24(22)16-27(35-2)28(23)26)9-10-18-15-19(29(31,32)33)11-14-25(18)30;1-2-4-9-7-10-6-5-8(9)3-1/h4,7-8,11-17H,3,5-6,9-10H2,1-2H3;1-7H. The van der Waals surface area contributed by atoms with Crippen LogP contribution in [0.2, 0.25) is 0 Å². The van der Waals surface area contributed by atoms with Crippen molar-refractivity contribution < 1.29 is 27.0 Å². The third-order valence-corrected chi connectivity index (χ3v) is 8.78. The number of halogens is 4. The number of aromatic nitrogens is 1. The van der Waals surface area contributed by atoms with Crippen molar-refractivity contribution in [1.82, 2.24) is 4.98 Å². The molecule has 0 saturated heterocycles. The molecule has 1 aliphatic rings. The summed E-state index contributed by atoms with van der Waals surface area (Å²) in [7, 11) is 3.29. The Balaban J connectivity index is 0.000000301. The van der Waals surface area contributed by atoms with Crippen LogP contribution in [-0.4, -0.2) is 19.2 Å². The first kappa shape index (κ1) is 30.4. The second kappa shape index (κ2) is 12.8. The molecule has 7 heteroatoms. The highest BCUT2D eigenvalue weighted by Crippen LogP contribution is 2.44. The molecule has 0 amide bonds. The van der Waals surface area contributed by atoms with Gasteiger partial charge >= 0.3 is 6.18 Å². The molecule has 0 saturated carbocycles. The number of aryl methyl sites for hydroxylation is 2. The van der Waals surface area contributed by atoms with Crippen LogP contribution in [0.5, 0.6) is 11.5 Å². The number of hydrogen-bond acceptors (Lipinski definition) is 3. The van der Waals surface area contributed by atoms with Crippen LogP contribution in [-0.2, 0) is 19.0 Å². The molecule has 45 heavy (non-hydrogen) atoms. The first-order valence-electron chi connectivity index (χ1n) is 15.0. The molecule has 1 atom stereocenters. The van der Waals surface area contributed by atoms with Crippen LogP contribution < -0.4 is 9.47 Å². The van der Waals surface area contributed by atoms with Crippen LogP contribution in [0.1, 0.15) is 47.4 Å². The zero-order valence-corrected chi connectivity index (χ0v) is 25.1. The van der Waals surface area contributed by atoms with Crippen LogP contribution in [0.15, 0.2) is 97.3 Å². The number of rotatable bonds is 5. The second-order valence-corrected chi connectivity index (χ2v) is 11.3.